The number of anilines is 1. The van der Waals surface area contributed by atoms with Gasteiger partial charge in [-0.1, -0.05) is 12.2 Å². The second-order valence-electron chi connectivity index (χ2n) is 5.10. The first kappa shape index (κ1) is 14.7. The molecule has 0 aromatic carbocycles. The van der Waals surface area contributed by atoms with Crippen molar-refractivity contribution in [2.45, 2.75) is 20.8 Å². The van der Waals surface area contributed by atoms with E-state index in [0.29, 0.717) is 4.99 Å². The van der Waals surface area contributed by atoms with Crippen LogP contribution in [-0.4, -0.2) is 47.0 Å². The van der Waals surface area contributed by atoms with Crippen LogP contribution in [0.1, 0.15) is 23.9 Å². The Morgan fingerprint density at radius 3 is 2.40 bits per heavy atom. The van der Waals surface area contributed by atoms with Crippen molar-refractivity contribution in [1.29, 1.82) is 0 Å². The summed E-state index contributed by atoms with van der Waals surface area (Å²) in [6.07, 6.45) is 0. The normalized spacial score (nSPS) is 15.3. The number of pyridine rings is 1. The topological polar surface area (TPSA) is 62.5 Å². The number of aromatic nitrogens is 1. The van der Waals surface area contributed by atoms with Crippen LogP contribution in [0.5, 0.6) is 0 Å². The smallest absolute Gasteiger partial charge is 0.219 e. The lowest BCUT2D eigenvalue weighted by Crippen LogP contribution is -2.48. The fourth-order valence-electron chi connectivity index (χ4n) is 2.62. The molecule has 1 fully saturated rings. The van der Waals surface area contributed by atoms with Gasteiger partial charge in [-0.05, 0) is 19.9 Å². The highest BCUT2D eigenvalue weighted by molar-refractivity contribution is 7.80. The van der Waals surface area contributed by atoms with Crippen molar-refractivity contribution >= 4 is 28.8 Å². The van der Waals surface area contributed by atoms with Gasteiger partial charge >= 0.3 is 0 Å². The van der Waals surface area contributed by atoms with Crippen LogP contribution in [0.25, 0.3) is 0 Å². The molecule has 1 saturated heterocycles. The number of aryl methyl sites for hydroxylation is 2. The molecule has 2 heterocycles. The molecule has 0 unspecified atom stereocenters. The lowest BCUT2D eigenvalue weighted by Gasteiger charge is -2.36. The summed E-state index contributed by atoms with van der Waals surface area (Å²) >= 11 is 5.16. The quantitative estimate of drug-likeness (QED) is 0.824. The molecule has 2 N–H and O–H groups in total. The van der Waals surface area contributed by atoms with E-state index in [1.807, 2.05) is 24.8 Å². The molecular formula is C14H20N4OS. The summed E-state index contributed by atoms with van der Waals surface area (Å²) in [6, 6.07) is 2.02. The molecule has 2 rings (SSSR count). The molecule has 20 heavy (non-hydrogen) atoms. The number of thiocarbonyl (C=S) groups is 1. The summed E-state index contributed by atoms with van der Waals surface area (Å²) in [6.45, 7) is 8.54. The van der Waals surface area contributed by atoms with Crippen LogP contribution < -0.4 is 10.6 Å². The van der Waals surface area contributed by atoms with E-state index in [-0.39, 0.29) is 5.91 Å². The predicted octanol–water partition coefficient (Wildman–Crippen LogP) is 1.00. The zero-order valence-corrected chi connectivity index (χ0v) is 13.0. The van der Waals surface area contributed by atoms with E-state index in [1.54, 1.807) is 6.92 Å². The van der Waals surface area contributed by atoms with Crippen molar-refractivity contribution in [2.75, 3.05) is 31.1 Å². The standard InChI is InChI=1S/C14H20N4OS/c1-9-8-12(13(14(15)20)10(2)16-9)18-6-4-17(5-7-18)11(3)19/h8H,4-7H2,1-3H3,(H2,15,20). The minimum Gasteiger partial charge on any atom is -0.389 e. The van der Waals surface area contributed by atoms with Crippen LogP contribution >= 0.6 is 12.2 Å². The van der Waals surface area contributed by atoms with Crippen molar-refractivity contribution in [3.63, 3.8) is 0 Å². The Hall–Kier alpha value is -1.69. The van der Waals surface area contributed by atoms with Gasteiger partial charge < -0.3 is 15.5 Å². The van der Waals surface area contributed by atoms with Gasteiger partial charge in [0.05, 0.1) is 11.3 Å². The second-order valence-corrected chi connectivity index (χ2v) is 5.54. The van der Waals surface area contributed by atoms with Crippen molar-refractivity contribution in [2.24, 2.45) is 5.73 Å². The predicted molar refractivity (Wildman–Crippen MR) is 84.1 cm³/mol. The summed E-state index contributed by atoms with van der Waals surface area (Å²) in [5, 5.41) is 0. The summed E-state index contributed by atoms with van der Waals surface area (Å²) in [5.74, 6) is 0.126. The number of hydrogen-bond donors (Lipinski definition) is 1. The fraction of sp³-hybridized carbons (Fsp3) is 0.500. The number of nitrogens with two attached hydrogens (primary N) is 1. The van der Waals surface area contributed by atoms with Crippen molar-refractivity contribution < 1.29 is 4.79 Å². The highest BCUT2D eigenvalue weighted by atomic mass is 32.1. The summed E-state index contributed by atoms with van der Waals surface area (Å²) in [5.41, 5.74) is 9.54. The highest BCUT2D eigenvalue weighted by Crippen LogP contribution is 2.25. The molecule has 0 bridgehead atoms. The molecule has 108 valence electrons. The molecule has 1 amide bonds. The van der Waals surface area contributed by atoms with Gasteiger partial charge in [-0.25, -0.2) is 0 Å². The van der Waals surface area contributed by atoms with E-state index in [4.69, 9.17) is 18.0 Å². The van der Waals surface area contributed by atoms with Gasteiger partial charge in [-0.3, -0.25) is 9.78 Å². The van der Waals surface area contributed by atoms with Crippen LogP contribution in [-0.2, 0) is 4.79 Å². The average Bonchev–Trinajstić information content (AvgIpc) is 2.37. The Kier molecular flexibility index (Phi) is 4.23. The molecule has 0 aliphatic carbocycles. The van der Waals surface area contributed by atoms with E-state index >= 15 is 0 Å². The Morgan fingerprint density at radius 2 is 1.90 bits per heavy atom. The number of piperazine rings is 1. The average molecular weight is 292 g/mol. The Balaban J connectivity index is 2.30. The fourth-order valence-corrected chi connectivity index (χ4v) is 2.88. The maximum atomic E-state index is 11.4. The zero-order chi connectivity index (χ0) is 14.9. The lowest BCUT2D eigenvalue weighted by molar-refractivity contribution is -0.129. The molecule has 1 aromatic rings. The van der Waals surface area contributed by atoms with E-state index < -0.39 is 0 Å². The summed E-state index contributed by atoms with van der Waals surface area (Å²) < 4.78 is 0. The first-order chi connectivity index (χ1) is 9.40. The van der Waals surface area contributed by atoms with Crippen molar-refractivity contribution in [3.8, 4) is 0 Å². The Morgan fingerprint density at radius 1 is 1.30 bits per heavy atom. The number of carbonyl (C=O) groups excluding carboxylic acids is 1. The number of hydrogen-bond acceptors (Lipinski definition) is 4. The molecule has 0 spiro atoms. The minimum absolute atomic E-state index is 0.126. The van der Waals surface area contributed by atoms with Gasteiger partial charge in [0.1, 0.15) is 4.99 Å². The Labute approximate surface area is 124 Å². The third-order valence-corrected chi connectivity index (χ3v) is 3.82. The third-order valence-electron chi connectivity index (χ3n) is 3.62. The molecule has 1 aromatic heterocycles. The van der Waals surface area contributed by atoms with Gasteiger partial charge in [0, 0.05) is 44.5 Å². The summed E-state index contributed by atoms with van der Waals surface area (Å²) in [4.78, 5) is 20.3. The lowest BCUT2D eigenvalue weighted by atomic mass is 10.1. The molecule has 0 radical (unpaired) electrons. The SMILES string of the molecule is CC(=O)N1CCN(c2cc(C)nc(C)c2C(N)=S)CC1. The molecule has 1 aliphatic rings. The van der Waals surface area contributed by atoms with Gasteiger partial charge in [0.2, 0.25) is 5.91 Å². The molecular weight excluding hydrogens is 272 g/mol. The Bertz CT molecular complexity index is 550. The van der Waals surface area contributed by atoms with Crippen LogP contribution in [0.15, 0.2) is 6.07 Å². The largest absolute Gasteiger partial charge is 0.389 e. The maximum absolute atomic E-state index is 11.4. The van der Waals surface area contributed by atoms with Crippen LogP contribution in [0.4, 0.5) is 5.69 Å². The third kappa shape index (κ3) is 2.90. The van der Waals surface area contributed by atoms with E-state index in [1.165, 1.54) is 0 Å². The number of nitrogens with zero attached hydrogens (tertiary/aromatic N) is 3. The highest BCUT2D eigenvalue weighted by Gasteiger charge is 2.22. The zero-order valence-electron chi connectivity index (χ0n) is 12.1. The van der Waals surface area contributed by atoms with Crippen molar-refractivity contribution in [3.05, 3.63) is 23.0 Å². The first-order valence-corrected chi connectivity index (χ1v) is 7.09. The monoisotopic (exact) mass is 292 g/mol. The first-order valence-electron chi connectivity index (χ1n) is 6.68. The van der Waals surface area contributed by atoms with Gasteiger partial charge in [0.15, 0.2) is 0 Å². The summed E-state index contributed by atoms with van der Waals surface area (Å²) in [7, 11) is 0. The molecule has 0 atom stereocenters. The van der Waals surface area contributed by atoms with E-state index in [2.05, 4.69) is 9.88 Å². The van der Waals surface area contributed by atoms with E-state index in [9.17, 15) is 4.79 Å². The number of rotatable bonds is 2. The van der Waals surface area contributed by atoms with Crippen LogP contribution in [0.2, 0.25) is 0 Å². The molecule has 5 nitrogen and oxygen atoms in total. The van der Waals surface area contributed by atoms with Crippen LogP contribution in [0.3, 0.4) is 0 Å². The molecule has 6 heteroatoms. The van der Waals surface area contributed by atoms with Gasteiger partial charge in [-0.15, -0.1) is 0 Å². The minimum atomic E-state index is 0.126. The van der Waals surface area contributed by atoms with Crippen LogP contribution in [0, 0.1) is 13.8 Å². The maximum Gasteiger partial charge on any atom is 0.219 e. The number of amides is 1. The number of carbonyl (C=O) groups is 1. The van der Waals surface area contributed by atoms with Crippen molar-refractivity contribution in [1.82, 2.24) is 9.88 Å². The molecule has 1 aliphatic heterocycles. The molecule has 0 saturated carbocycles. The second kappa shape index (κ2) is 5.75. The van der Waals surface area contributed by atoms with E-state index in [0.717, 1.165) is 48.8 Å². The van der Waals surface area contributed by atoms with Gasteiger partial charge in [0.25, 0.3) is 0 Å². The van der Waals surface area contributed by atoms with Gasteiger partial charge in [-0.2, -0.15) is 0 Å².